The van der Waals surface area contributed by atoms with Crippen molar-refractivity contribution < 1.29 is 14.6 Å². The van der Waals surface area contributed by atoms with Crippen molar-refractivity contribution in [3.63, 3.8) is 0 Å². The van der Waals surface area contributed by atoms with Gasteiger partial charge in [-0.25, -0.2) is 4.79 Å². The molecule has 100 valence electrons. The third kappa shape index (κ3) is 5.89. The van der Waals surface area contributed by atoms with Gasteiger partial charge in [-0.15, -0.1) is 0 Å². The fourth-order valence-electron chi connectivity index (χ4n) is 1.80. The van der Waals surface area contributed by atoms with Gasteiger partial charge in [-0.2, -0.15) is 0 Å². The van der Waals surface area contributed by atoms with Gasteiger partial charge >= 0.3 is 6.03 Å². The van der Waals surface area contributed by atoms with Crippen LogP contribution in [-0.2, 0) is 4.74 Å². The molecule has 2 N–H and O–H groups in total. The molecular weight excluding hydrogens is 220 g/mol. The Labute approximate surface area is 103 Å². The maximum absolute atomic E-state index is 11.7. The Morgan fingerprint density at radius 2 is 2.35 bits per heavy atom. The molecule has 1 unspecified atom stereocenters. The quantitative estimate of drug-likeness (QED) is 0.704. The summed E-state index contributed by atoms with van der Waals surface area (Å²) < 4.78 is 5.37. The number of piperidine rings is 1. The summed E-state index contributed by atoms with van der Waals surface area (Å²) in [5.74, 6) is 0.517. The second kappa shape index (κ2) is 7.50. The SMILES string of the molecule is CC(C)COCCNC(=O)N1CCCC(O)C1. The number of carbonyl (C=O) groups excluding carboxylic acids is 1. The smallest absolute Gasteiger partial charge is 0.317 e. The molecule has 1 heterocycles. The monoisotopic (exact) mass is 244 g/mol. The summed E-state index contributed by atoms with van der Waals surface area (Å²) in [6, 6.07) is -0.100. The largest absolute Gasteiger partial charge is 0.391 e. The lowest BCUT2D eigenvalue weighted by molar-refractivity contribution is 0.0812. The Kier molecular flexibility index (Phi) is 6.29. The average Bonchev–Trinajstić information content (AvgIpc) is 2.28. The molecule has 1 aliphatic rings. The molecule has 1 rings (SSSR count). The standard InChI is InChI=1S/C12H24N2O3/c1-10(2)9-17-7-5-13-12(16)14-6-3-4-11(15)8-14/h10-11,15H,3-9H2,1-2H3,(H,13,16). The van der Waals surface area contributed by atoms with Gasteiger partial charge in [0.05, 0.1) is 12.7 Å². The van der Waals surface area contributed by atoms with Crippen LogP contribution < -0.4 is 5.32 Å². The highest BCUT2D eigenvalue weighted by Gasteiger charge is 2.21. The number of urea groups is 1. The Morgan fingerprint density at radius 1 is 1.59 bits per heavy atom. The third-order valence-electron chi connectivity index (χ3n) is 2.66. The van der Waals surface area contributed by atoms with Crippen molar-refractivity contribution in [1.82, 2.24) is 10.2 Å². The predicted molar refractivity (Wildman–Crippen MR) is 65.9 cm³/mol. The van der Waals surface area contributed by atoms with Gasteiger partial charge in [-0.3, -0.25) is 0 Å². The van der Waals surface area contributed by atoms with E-state index in [0.29, 0.717) is 25.6 Å². The second-order valence-electron chi connectivity index (χ2n) is 4.94. The molecule has 0 spiro atoms. The van der Waals surface area contributed by atoms with E-state index < -0.39 is 0 Å². The molecule has 1 fully saturated rings. The van der Waals surface area contributed by atoms with E-state index in [9.17, 15) is 9.90 Å². The van der Waals surface area contributed by atoms with Crippen LogP contribution in [0.1, 0.15) is 26.7 Å². The fraction of sp³-hybridized carbons (Fsp3) is 0.917. The Morgan fingerprint density at radius 3 is 3.00 bits per heavy atom. The number of aliphatic hydroxyl groups is 1. The molecule has 0 saturated carbocycles. The van der Waals surface area contributed by atoms with Crippen molar-refractivity contribution in [3.8, 4) is 0 Å². The maximum Gasteiger partial charge on any atom is 0.317 e. The molecule has 0 radical (unpaired) electrons. The molecule has 2 amide bonds. The van der Waals surface area contributed by atoms with Crippen LogP contribution in [0.2, 0.25) is 0 Å². The molecule has 0 aromatic rings. The van der Waals surface area contributed by atoms with E-state index in [1.807, 2.05) is 0 Å². The fourth-order valence-corrected chi connectivity index (χ4v) is 1.80. The van der Waals surface area contributed by atoms with E-state index in [2.05, 4.69) is 19.2 Å². The van der Waals surface area contributed by atoms with Crippen molar-refractivity contribution in [2.75, 3.05) is 32.8 Å². The molecule has 17 heavy (non-hydrogen) atoms. The van der Waals surface area contributed by atoms with Crippen molar-refractivity contribution >= 4 is 6.03 Å². The zero-order valence-corrected chi connectivity index (χ0v) is 10.8. The Hall–Kier alpha value is -0.810. The minimum absolute atomic E-state index is 0.100. The Balaban J connectivity index is 2.08. The van der Waals surface area contributed by atoms with Crippen LogP contribution in [-0.4, -0.2) is 55.0 Å². The average molecular weight is 244 g/mol. The first kappa shape index (κ1) is 14.3. The molecule has 0 aliphatic carbocycles. The minimum atomic E-state index is -0.369. The van der Waals surface area contributed by atoms with Gasteiger partial charge in [-0.1, -0.05) is 13.8 Å². The van der Waals surface area contributed by atoms with Gasteiger partial charge in [0.15, 0.2) is 0 Å². The lowest BCUT2D eigenvalue weighted by atomic mass is 10.1. The van der Waals surface area contributed by atoms with Crippen molar-refractivity contribution in [1.29, 1.82) is 0 Å². The number of rotatable bonds is 5. The van der Waals surface area contributed by atoms with Gasteiger partial charge < -0.3 is 20.1 Å². The van der Waals surface area contributed by atoms with E-state index in [-0.39, 0.29) is 12.1 Å². The molecule has 0 bridgehead atoms. The highest BCUT2D eigenvalue weighted by molar-refractivity contribution is 5.74. The van der Waals surface area contributed by atoms with Crippen LogP contribution in [0.3, 0.4) is 0 Å². The van der Waals surface area contributed by atoms with E-state index in [4.69, 9.17) is 4.74 Å². The lowest BCUT2D eigenvalue weighted by Gasteiger charge is -2.30. The number of hydrogen-bond donors (Lipinski definition) is 2. The molecule has 0 aromatic heterocycles. The van der Waals surface area contributed by atoms with Crippen LogP contribution in [0, 0.1) is 5.92 Å². The normalized spacial score (nSPS) is 20.7. The zero-order valence-electron chi connectivity index (χ0n) is 10.8. The summed E-state index contributed by atoms with van der Waals surface area (Å²) in [6.45, 7) is 7.15. The van der Waals surface area contributed by atoms with E-state index in [1.54, 1.807) is 4.90 Å². The van der Waals surface area contributed by atoms with E-state index in [0.717, 1.165) is 26.0 Å². The van der Waals surface area contributed by atoms with Crippen LogP contribution in [0.15, 0.2) is 0 Å². The van der Waals surface area contributed by atoms with Gasteiger partial charge in [0, 0.05) is 26.2 Å². The highest BCUT2D eigenvalue weighted by atomic mass is 16.5. The van der Waals surface area contributed by atoms with Gasteiger partial charge in [-0.05, 0) is 18.8 Å². The number of likely N-dealkylation sites (tertiary alicyclic amines) is 1. The molecule has 5 nitrogen and oxygen atoms in total. The van der Waals surface area contributed by atoms with Gasteiger partial charge in [0.1, 0.15) is 0 Å². The van der Waals surface area contributed by atoms with E-state index in [1.165, 1.54) is 0 Å². The van der Waals surface area contributed by atoms with Gasteiger partial charge in [0.25, 0.3) is 0 Å². The summed E-state index contributed by atoms with van der Waals surface area (Å²) in [6.07, 6.45) is 1.30. The van der Waals surface area contributed by atoms with Crippen molar-refractivity contribution in [2.45, 2.75) is 32.8 Å². The first-order valence-electron chi connectivity index (χ1n) is 6.38. The summed E-state index contributed by atoms with van der Waals surface area (Å²) >= 11 is 0. The summed E-state index contributed by atoms with van der Waals surface area (Å²) in [4.78, 5) is 13.4. The minimum Gasteiger partial charge on any atom is -0.391 e. The topological polar surface area (TPSA) is 61.8 Å². The molecule has 0 aromatic carbocycles. The van der Waals surface area contributed by atoms with Crippen LogP contribution in [0.25, 0.3) is 0 Å². The van der Waals surface area contributed by atoms with Crippen LogP contribution in [0.5, 0.6) is 0 Å². The number of carbonyl (C=O) groups is 1. The predicted octanol–water partition coefficient (Wildman–Crippen LogP) is 0.825. The van der Waals surface area contributed by atoms with Crippen LogP contribution >= 0.6 is 0 Å². The maximum atomic E-state index is 11.7. The zero-order chi connectivity index (χ0) is 12.7. The number of nitrogens with zero attached hydrogens (tertiary/aromatic N) is 1. The Bertz CT molecular complexity index is 234. The second-order valence-corrected chi connectivity index (χ2v) is 4.94. The number of amides is 2. The molecular formula is C12H24N2O3. The number of ether oxygens (including phenoxy) is 1. The third-order valence-corrected chi connectivity index (χ3v) is 2.66. The summed E-state index contributed by atoms with van der Waals surface area (Å²) in [5.41, 5.74) is 0. The lowest BCUT2D eigenvalue weighted by Crippen LogP contribution is -2.47. The summed E-state index contributed by atoms with van der Waals surface area (Å²) in [7, 11) is 0. The molecule has 1 aliphatic heterocycles. The van der Waals surface area contributed by atoms with Crippen molar-refractivity contribution in [3.05, 3.63) is 0 Å². The number of hydrogen-bond acceptors (Lipinski definition) is 3. The molecule has 1 saturated heterocycles. The first-order chi connectivity index (χ1) is 8.09. The summed E-state index contributed by atoms with van der Waals surface area (Å²) in [5, 5.41) is 12.3. The number of β-amino-alcohol motifs (C(OH)–C–C–N with tert-alkyl or cyclic N) is 1. The number of aliphatic hydroxyl groups excluding tert-OH is 1. The first-order valence-corrected chi connectivity index (χ1v) is 6.38. The molecule has 5 heteroatoms. The van der Waals surface area contributed by atoms with Crippen molar-refractivity contribution in [2.24, 2.45) is 5.92 Å². The van der Waals surface area contributed by atoms with Gasteiger partial charge in [0.2, 0.25) is 0 Å². The van der Waals surface area contributed by atoms with Crippen LogP contribution in [0.4, 0.5) is 4.79 Å². The van der Waals surface area contributed by atoms with E-state index >= 15 is 0 Å². The highest BCUT2D eigenvalue weighted by Crippen LogP contribution is 2.09. The molecule has 1 atom stereocenters. The number of nitrogens with one attached hydrogen (secondary N) is 1.